The average molecular weight is 340 g/mol. The van der Waals surface area contributed by atoms with Crippen molar-refractivity contribution in [2.24, 2.45) is 0 Å². The number of aromatic nitrogens is 2. The van der Waals surface area contributed by atoms with Crippen LogP contribution in [0.5, 0.6) is 5.75 Å². The summed E-state index contributed by atoms with van der Waals surface area (Å²) < 4.78 is 16.8. The molecular weight excluding hydrogens is 326 g/mol. The van der Waals surface area contributed by atoms with Crippen molar-refractivity contribution >= 4 is 15.9 Å². The first kappa shape index (κ1) is 13.5. The van der Waals surface area contributed by atoms with Crippen LogP contribution < -0.4 is 10.1 Å². The summed E-state index contributed by atoms with van der Waals surface area (Å²) in [5.74, 6) is 1.80. The highest BCUT2D eigenvalue weighted by molar-refractivity contribution is 9.10. The van der Waals surface area contributed by atoms with Crippen LogP contribution in [0.2, 0.25) is 0 Å². The summed E-state index contributed by atoms with van der Waals surface area (Å²) >= 11 is 3.48. The summed E-state index contributed by atoms with van der Waals surface area (Å²) in [5, 5.41) is 7.31. The van der Waals surface area contributed by atoms with Crippen molar-refractivity contribution in [3.63, 3.8) is 0 Å². The zero-order valence-corrected chi connectivity index (χ0v) is 12.5. The summed E-state index contributed by atoms with van der Waals surface area (Å²) in [5.41, 5.74) is 0.805. The molecule has 6 nitrogen and oxygen atoms in total. The maximum Gasteiger partial charge on any atom is 0.259 e. The zero-order valence-electron chi connectivity index (χ0n) is 10.9. The minimum absolute atomic E-state index is 0.0226. The second kappa shape index (κ2) is 5.90. The Labute approximate surface area is 124 Å². The van der Waals surface area contributed by atoms with Crippen molar-refractivity contribution in [3.8, 4) is 17.2 Å². The molecule has 1 unspecified atom stereocenters. The van der Waals surface area contributed by atoms with Crippen LogP contribution >= 0.6 is 15.9 Å². The van der Waals surface area contributed by atoms with Gasteiger partial charge in [0.15, 0.2) is 5.82 Å². The van der Waals surface area contributed by atoms with Gasteiger partial charge in [0.2, 0.25) is 0 Å². The summed E-state index contributed by atoms with van der Waals surface area (Å²) in [4.78, 5) is 4.43. The number of methoxy groups -OCH3 is 1. The van der Waals surface area contributed by atoms with Gasteiger partial charge in [0.25, 0.3) is 5.89 Å². The molecule has 1 atom stereocenters. The molecule has 7 heteroatoms. The number of nitrogens with one attached hydrogen (secondary N) is 1. The topological polar surface area (TPSA) is 69.4 Å². The van der Waals surface area contributed by atoms with Crippen LogP contribution in [0.25, 0.3) is 11.5 Å². The van der Waals surface area contributed by atoms with Gasteiger partial charge in [0, 0.05) is 11.0 Å². The van der Waals surface area contributed by atoms with E-state index in [0.717, 1.165) is 22.3 Å². The molecule has 106 valence electrons. The van der Waals surface area contributed by atoms with Gasteiger partial charge in [0.1, 0.15) is 5.75 Å². The lowest BCUT2D eigenvalue weighted by atomic mass is 10.2. The van der Waals surface area contributed by atoms with Crippen LogP contribution in [0, 0.1) is 0 Å². The van der Waals surface area contributed by atoms with Crippen molar-refractivity contribution in [2.75, 3.05) is 26.9 Å². The Kier molecular flexibility index (Phi) is 4.00. The number of rotatable bonds is 3. The Bertz CT molecular complexity index is 596. The van der Waals surface area contributed by atoms with E-state index in [0.29, 0.717) is 24.9 Å². The van der Waals surface area contributed by atoms with Gasteiger partial charge in [-0.25, -0.2) is 0 Å². The SMILES string of the molecule is COc1ccc(Br)c(-c2nc(C3COCCN3)no2)c1. The molecule has 3 rings (SSSR count). The van der Waals surface area contributed by atoms with Crippen molar-refractivity contribution in [2.45, 2.75) is 6.04 Å². The number of benzene rings is 1. The first-order valence-electron chi connectivity index (χ1n) is 6.26. The van der Waals surface area contributed by atoms with E-state index >= 15 is 0 Å². The van der Waals surface area contributed by atoms with Gasteiger partial charge in [-0.2, -0.15) is 4.98 Å². The van der Waals surface area contributed by atoms with E-state index in [1.807, 2.05) is 18.2 Å². The average Bonchev–Trinajstić information content (AvgIpc) is 2.98. The fraction of sp³-hybridized carbons (Fsp3) is 0.385. The van der Waals surface area contributed by atoms with Crippen molar-refractivity contribution in [1.82, 2.24) is 15.5 Å². The van der Waals surface area contributed by atoms with Gasteiger partial charge in [-0.1, -0.05) is 5.16 Å². The van der Waals surface area contributed by atoms with E-state index in [4.69, 9.17) is 14.0 Å². The fourth-order valence-electron chi connectivity index (χ4n) is 2.01. The second-order valence-corrected chi connectivity index (χ2v) is 5.24. The van der Waals surface area contributed by atoms with Crippen LogP contribution in [0.15, 0.2) is 27.2 Å². The molecule has 1 saturated heterocycles. The van der Waals surface area contributed by atoms with Crippen LogP contribution in [-0.4, -0.2) is 37.0 Å². The quantitative estimate of drug-likeness (QED) is 0.924. The molecule has 1 fully saturated rings. The van der Waals surface area contributed by atoms with E-state index < -0.39 is 0 Å². The minimum atomic E-state index is -0.0226. The molecule has 1 N–H and O–H groups in total. The second-order valence-electron chi connectivity index (χ2n) is 4.39. The number of nitrogens with zero attached hydrogens (tertiary/aromatic N) is 2. The van der Waals surface area contributed by atoms with Crippen molar-refractivity contribution < 1.29 is 14.0 Å². The summed E-state index contributed by atoms with van der Waals surface area (Å²) in [6.07, 6.45) is 0. The van der Waals surface area contributed by atoms with Crippen LogP contribution in [0.1, 0.15) is 11.9 Å². The Morgan fingerprint density at radius 3 is 3.10 bits per heavy atom. The van der Waals surface area contributed by atoms with Crippen molar-refractivity contribution in [3.05, 3.63) is 28.5 Å². The molecule has 20 heavy (non-hydrogen) atoms. The van der Waals surface area contributed by atoms with Gasteiger partial charge in [0.05, 0.1) is 31.9 Å². The summed E-state index contributed by atoms with van der Waals surface area (Å²) in [6.45, 7) is 2.05. The molecule has 0 spiro atoms. The molecule has 2 aromatic rings. The summed E-state index contributed by atoms with van der Waals surface area (Å²) in [7, 11) is 1.62. The normalized spacial score (nSPS) is 19.0. The molecule has 1 aliphatic heterocycles. The van der Waals surface area contributed by atoms with E-state index in [-0.39, 0.29) is 6.04 Å². The standard InChI is InChI=1S/C13H14BrN3O3/c1-18-8-2-3-10(14)9(6-8)13-16-12(17-20-13)11-7-19-5-4-15-11/h2-3,6,11,15H,4-5,7H2,1H3. The van der Waals surface area contributed by atoms with Gasteiger partial charge in [-0.15, -0.1) is 0 Å². The van der Waals surface area contributed by atoms with Crippen molar-refractivity contribution in [1.29, 1.82) is 0 Å². The first-order chi connectivity index (χ1) is 9.78. The van der Waals surface area contributed by atoms with Gasteiger partial charge < -0.3 is 19.3 Å². The van der Waals surface area contributed by atoms with Crippen LogP contribution in [-0.2, 0) is 4.74 Å². The lowest BCUT2D eigenvalue weighted by Gasteiger charge is -2.20. The zero-order chi connectivity index (χ0) is 13.9. The first-order valence-corrected chi connectivity index (χ1v) is 7.06. The number of hydrogen-bond donors (Lipinski definition) is 1. The van der Waals surface area contributed by atoms with E-state index in [1.54, 1.807) is 7.11 Å². The molecule has 0 radical (unpaired) electrons. The van der Waals surface area contributed by atoms with Gasteiger partial charge in [-0.3, -0.25) is 0 Å². The van der Waals surface area contributed by atoms with Gasteiger partial charge in [-0.05, 0) is 34.1 Å². The summed E-state index contributed by atoms with van der Waals surface area (Å²) in [6, 6.07) is 5.58. The molecule has 0 amide bonds. The van der Waals surface area contributed by atoms with Crippen LogP contribution in [0.3, 0.4) is 0 Å². The van der Waals surface area contributed by atoms with Crippen LogP contribution in [0.4, 0.5) is 0 Å². The number of hydrogen-bond acceptors (Lipinski definition) is 6. The molecule has 1 aliphatic rings. The third-order valence-electron chi connectivity index (χ3n) is 3.08. The Morgan fingerprint density at radius 1 is 1.45 bits per heavy atom. The molecule has 0 aliphatic carbocycles. The highest BCUT2D eigenvalue weighted by Gasteiger charge is 2.22. The third kappa shape index (κ3) is 2.70. The predicted octanol–water partition coefficient (Wildman–Crippen LogP) is 2.17. The van der Waals surface area contributed by atoms with E-state index in [1.165, 1.54) is 0 Å². The lowest BCUT2D eigenvalue weighted by molar-refractivity contribution is 0.0734. The third-order valence-corrected chi connectivity index (χ3v) is 3.77. The molecular formula is C13H14BrN3O3. The maximum absolute atomic E-state index is 5.40. The largest absolute Gasteiger partial charge is 0.497 e. The predicted molar refractivity (Wildman–Crippen MR) is 75.5 cm³/mol. The van der Waals surface area contributed by atoms with E-state index in [9.17, 15) is 0 Å². The Hall–Kier alpha value is -1.44. The number of morpholine rings is 1. The molecule has 1 aromatic carbocycles. The fourth-order valence-corrected chi connectivity index (χ4v) is 2.43. The maximum atomic E-state index is 5.40. The molecule has 0 saturated carbocycles. The smallest absolute Gasteiger partial charge is 0.259 e. The molecule has 0 bridgehead atoms. The lowest BCUT2D eigenvalue weighted by Crippen LogP contribution is -2.35. The highest BCUT2D eigenvalue weighted by Crippen LogP contribution is 2.31. The molecule has 1 aromatic heterocycles. The number of ether oxygens (including phenoxy) is 2. The van der Waals surface area contributed by atoms with Gasteiger partial charge >= 0.3 is 0 Å². The Morgan fingerprint density at radius 2 is 2.35 bits per heavy atom. The Balaban J connectivity index is 1.89. The minimum Gasteiger partial charge on any atom is -0.497 e. The number of halogens is 1. The highest BCUT2D eigenvalue weighted by atomic mass is 79.9. The molecule has 2 heterocycles. The monoisotopic (exact) mass is 339 g/mol. The van der Waals surface area contributed by atoms with E-state index in [2.05, 4.69) is 31.4 Å².